The van der Waals surface area contributed by atoms with Crippen LogP contribution in [0.1, 0.15) is 5.89 Å². The summed E-state index contributed by atoms with van der Waals surface area (Å²) in [7, 11) is 0. The number of hydrogen-bond donors (Lipinski definition) is 1. The monoisotopic (exact) mass is 377 g/mol. The Labute approximate surface area is 161 Å². The van der Waals surface area contributed by atoms with E-state index < -0.39 is 0 Å². The topological polar surface area (TPSA) is 91.6 Å². The first-order valence-electron chi connectivity index (χ1n) is 8.97. The summed E-state index contributed by atoms with van der Waals surface area (Å²) in [5.41, 5.74) is 1.67. The van der Waals surface area contributed by atoms with Crippen molar-refractivity contribution in [1.29, 1.82) is 0 Å². The lowest BCUT2D eigenvalue weighted by molar-refractivity contribution is -0.121. The van der Waals surface area contributed by atoms with Crippen LogP contribution in [0.25, 0.3) is 11.4 Å². The molecule has 28 heavy (non-hydrogen) atoms. The molecule has 0 radical (unpaired) electrons. The molecule has 1 saturated heterocycles. The van der Waals surface area contributed by atoms with Crippen LogP contribution in [0.15, 0.2) is 65.2 Å². The van der Waals surface area contributed by atoms with Crippen LogP contribution in [-0.4, -0.2) is 46.6 Å². The van der Waals surface area contributed by atoms with E-state index in [9.17, 15) is 9.59 Å². The number of carbonyl (C=O) groups is 2. The molecule has 3 aromatic rings. The van der Waals surface area contributed by atoms with Gasteiger partial charge in [0, 0.05) is 24.3 Å². The van der Waals surface area contributed by atoms with Crippen molar-refractivity contribution in [3.05, 3.63) is 66.6 Å². The van der Waals surface area contributed by atoms with E-state index in [1.165, 1.54) is 4.90 Å². The molecule has 1 aromatic heterocycles. The number of urea groups is 1. The van der Waals surface area contributed by atoms with E-state index in [-0.39, 0.29) is 25.0 Å². The number of rotatable bonds is 6. The molecule has 0 bridgehead atoms. The van der Waals surface area contributed by atoms with Crippen molar-refractivity contribution >= 4 is 17.6 Å². The average Bonchev–Trinajstić information content (AvgIpc) is 3.35. The minimum atomic E-state index is -0.275. The number of aromatic nitrogens is 2. The lowest BCUT2D eigenvalue weighted by Crippen LogP contribution is -2.39. The molecule has 2 heterocycles. The Kier molecular flexibility index (Phi) is 5.01. The SMILES string of the molecule is O=C(CN1CCN(c2ccccc2)C1=O)NCc1nc(-c2ccccc2)no1. The molecule has 3 amide bonds. The summed E-state index contributed by atoms with van der Waals surface area (Å²) >= 11 is 0. The van der Waals surface area contributed by atoms with Gasteiger partial charge in [0.2, 0.25) is 17.6 Å². The van der Waals surface area contributed by atoms with Crippen LogP contribution in [0, 0.1) is 0 Å². The number of para-hydroxylation sites is 1. The van der Waals surface area contributed by atoms with Crippen molar-refractivity contribution in [2.75, 3.05) is 24.5 Å². The first-order chi connectivity index (χ1) is 13.7. The molecule has 1 aliphatic heterocycles. The van der Waals surface area contributed by atoms with Crippen molar-refractivity contribution < 1.29 is 14.1 Å². The Balaban J connectivity index is 1.30. The highest BCUT2D eigenvalue weighted by Crippen LogP contribution is 2.19. The van der Waals surface area contributed by atoms with Gasteiger partial charge >= 0.3 is 6.03 Å². The Hall–Kier alpha value is -3.68. The summed E-state index contributed by atoms with van der Waals surface area (Å²) in [6.07, 6.45) is 0. The molecule has 8 nitrogen and oxygen atoms in total. The summed E-state index contributed by atoms with van der Waals surface area (Å²) < 4.78 is 5.17. The average molecular weight is 377 g/mol. The Bertz CT molecular complexity index is 958. The molecule has 1 fully saturated rings. The van der Waals surface area contributed by atoms with Crippen LogP contribution in [0.3, 0.4) is 0 Å². The molecule has 4 rings (SSSR count). The number of nitrogens with zero attached hydrogens (tertiary/aromatic N) is 4. The summed E-state index contributed by atoms with van der Waals surface area (Å²) in [6, 6.07) is 18.7. The van der Waals surface area contributed by atoms with E-state index in [4.69, 9.17) is 4.52 Å². The standard InChI is InChI=1S/C20H19N5O3/c26-17(14-24-11-12-25(20(24)27)16-9-5-2-6-10-16)21-13-18-22-19(23-28-18)15-7-3-1-4-8-15/h1-10H,11-14H2,(H,21,26). The maximum absolute atomic E-state index is 12.5. The molecule has 2 aromatic carbocycles. The van der Waals surface area contributed by atoms with Crippen molar-refractivity contribution in [2.24, 2.45) is 0 Å². The summed E-state index contributed by atoms with van der Waals surface area (Å²) in [5, 5.41) is 6.63. The van der Waals surface area contributed by atoms with Crippen molar-refractivity contribution in [3.8, 4) is 11.4 Å². The van der Waals surface area contributed by atoms with E-state index in [0.29, 0.717) is 24.8 Å². The van der Waals surface area contributed by atoms with E-state index >= 15 is 0 Å². The lowest BCUT2D eigenvalue weighted by Gasteiger charge is -2.18. The van der Waals surface area contributed by atoms with E-state index in [0.717, 1.165) is 11.3 Å². The number of amides is 3. The fourth-order valence-corrected chi connectivity index (χ4v) is 3.01. The zero-order valence-electron chi connectivity index (χ0n) is 15.1. The second-order valence-corrected chi connectivity index (χ2v) is 6.35. The molecular weight excluding hydrogens is 358 g/mol. The normalized spacial score (nSPS) is 13.8. The van der Waals surface area contributed by atoms with Crippen LogP contribution >= 0.6 is 0 Å². The van der Waals surface area contributed by atoms with Gasteiger partial charge in [-0.05, 0) is 12.1 Å². The van der Waals surface area contributed by atoms with Crippen molar-refractivity contribution in [1.82, 2.24) is 20.4 Å². The van der Waals surface area contributed by atoms with Gasteiger partial charge in [0.1, 0.15) is 6.54 Å². The first kappa shape index (κ1) is 17.7. The third-order valence-corrected chi connectivity index (χ3v) is 4.43. The molecule has 0 atom stereocenters. The van der Waals surface area contributed by atoms with Crippen LogP contribution in [0.4, 0.5) is 10.5 Å². The number of anilines is 1. The maximum Gasteiger partial charge on any atom is 0.325 e. The van der Waals surface area contributed by atoms with Gasteiger partial charge in [-0.15, -0.1) is 0 Å². The van der Waals surface area contributed by atoms with Crippen molar-refractivity contribution in [3.63, 3.8) is 0 Å². The van der Waals surface area contributed by atoms with Gasteiger partial charge in [-0.3, -0.25) is 9.69 Å². The number of nitrogens with one attached hydrogen (secondary N) is 1. The minimum Gasteiger partial charge on any atom is -0.345 e. The van der Waals surface area contributed by atoms with Crippen LogP contribution in [-0.2, 0) is 11.3 Å². The summed E-state index contributed by atoms with van der Waals surface area (Å²) in [4.78, 5) is 32.2. The van der Waals surface area contributed by atoms with E-state index in [1.807, 2.05) is 60.7 Å². The number of hydrogen-bond acceptors (Lipinski definition) is 5. The van der Waals surface area contributed by atoms with Gasteiger partial charge in [0.25, 0.3) is 0 Å². The molecular formula is C20H19N5O3. The lowest BCUT2D eigenvalue weighted by atomic mass is 10.2. The third-order valence-electron chi connectivity index (χ3n) is 4.43. The molecule has 1 N–H and O–H groups in total. The van der Waals surface area contributed by atoms with Crippen molar-refractivity contribution in [2.45, 2.75) is 6.54 Å². The predicted molar refractivity (Wildman–Crippen MR) is 102 cm³/mol. The molecule has 0 saturated carbocycles. The predicted octanol–water partition coefficient (Wildman–Crippen LogP) is 2.29. The quantitative estimate of drug-likeness (QED) is 0.712. The number of carbonyl (C=O) groups excluding carboxylic acids is 2. The van der Waals surface area contributed by atoms with E-state index in [1.54, 1.807) is 4.90 Å². The van der Waals surface area contributed by atoms with Crippen LogP contribution in [0.5, 0.6) is 0 Å². The summed E-state index contributed by atoms with van der Waals surface area (Å²) in [5.74, 6) is 0.506. The zero-order chi connectivity index (χ0) is 19.3. The smallest absolute Gasteiger partial charge is 0.325 e. The molecule has 0 unspecified atom stereocenters. The van der Waals surface area contributed by atoms with Gasteiger partial charge in [-0.1, -0.05) is 53.7 Å². The van der Waals surface area contributed by atoms with Gasteiger partial charge in [0.05, 0.1) is 6.54 Å². The van der Waals surface area contributed by atoms with E-state index in [2.05, 4.69) is 15.5 Å². The van der Waals surface area contributed by atoms with Gasteiger partial charge in [-0.2, -0.15) is 4.98 Å². The van der Waals surface area contributed by atoms with Gasteiger partial charge in [-0.25, -0.2) is 4.79 Å². The molecule has 1 aliphatic rings. The van der Waals surface area contributed by atoms with Gasteiger partial charge in [0.15, 0.2) is 0 Å². The van der Waals surface area contributed by atoms with Crippen LogP contribution < -0.4 is 10.2 Å². The highest BCUT2D eigenvalue weighted by molar-refractivity contribution is 5.96. The highest BCUT2D eigenvalue weighted by atomic mass is 16.5. The second-order valence-electron chi connectivity index (χ2n) is 6.35. The molecule has 8 heteroatoms. The van der Waals surface area contributed by atoms with Crippen LogP contribution in [0.2, 0.25) is 0 Å². The Morgan fingerprint density at radius 1 is 1.04 bits per heavy atom. The fraction of sp³-hybridized carbons (Fsp3) is 0.200. The Morgan fingerprint density at radius 3 is 2.50 bits per heavy atom. The largest absolute Gasteiger partial charge is 0.345 e. The first-order valence-corrected chi connectivity index (χ1v) is 8.97. The highest BCUT2D eigenvalue weighted by Gasteiger charge is 2.30. The van der Waals surface area contributed by atoms with Gasteiger partial charge < -0.3 is 14.7 Å². The second kappa shape index (κ2) is 7.91. The fourth-order valence-electron chi connectivity index (χ4n) is 3.01. The maximum atomic E-state index is 12.5. The Morgan fingerprint density at radius 2 is 1.75 bits per heavy atom. The molecule has 142 valence electrons. The third kappa shape index (κ3) is 3.85. The number of benzene rings is 2. The zero-order valence-corrected chi connectivity index (χ0v) is 15.1. The minimum absolute atomic E-state index is 0.0121. The molecule has 0 aliphatic carbocycles. The summed E-state index contributed by atoms with van der Waals surface area (Å²) in [6.45, 7) is 1.16. The molecule has 0 spiro atoms.